The Hall–Kier alpha value is -1.98. The van der Waals surface area contributed by atoms with Crippen LogP contribution in [0.1, 0.15) is 11.9 Å². The van der Waals surface area contributed by atoms with Crippen LogP contribution in [0.5, 0.6) is 0 Å². The number of aliphatic hydroxyl groups excluding tert-OH is 2. The molecule has 2 N–H and O–H groups in total. The average molecular weight is 294 g/mol. The Morgan fingerprint density at radius 2 is 1.90 bits per heavy atom. The fourth-order valence-electron chi connectivity index (χ4n) is 1.69. The van der Waals surface area contributed by atoms with Gasteiger partial charge in [0.15, 0.2) is 0 Å². The molecule has 1 aromatic carbocycles. The minimum Gasteiger partial charge on any atom is -0.458 e. The van der Waals surface area contributed by atoms with Crippen molar-refractivity contribution in [2.75, 3.05) is 6.54 Å². The molecule has 2 atom stereocenters. The van der Waals surface area contributed by atoms with Crippen LogP contribution in [0.2, 0.25) is 5.02 Å². The van der Waals surface area contributed by atoms with Gasteiger partial charge < -0.3 is 14.6 Å². The van der Waals surface area contributed by atoms with Crippen molar-refractivity contribution in [2.24, 2.45) is 5.11 Å². The summed E-state index contributed by atoms with van der Waals surface area (Å²) in [6, 6.07) is 10.3. The van der Waals surface area contributed by atoms with Gasteiger partial charge in [-0.25, -0.2) is 0 Å². The molecule has 1 aromatic heterocycles. The summed E-state index contributed by atoms with van der Waals surface area (Å²) in [7, 11) is 0. The third kappa shape index (κ3) is 3.31. The summed E-state index contributed by atoms with van der Waals surface area (Å²) in [6.45, 7) is -0.228. The molecule has 0 radical (unpaired) electrons. The molecular weight excluding hydrogens is 282 g/mol. The summed E-state index contributed by atoms with van der Waals surface area (Å²) in [6.07, 6.45) is -2.46. The molecule has 0 bridgehead atoms. The van der Waals surface area contributed by atoms with Crippen LogP contribution < -0.4 is 0 Å². The number of nitrogens with zero attached hydrogens (tertiary/aromatic N) is 3. The molecule has 0 aliphatic heterocycles. The molecule has 20 heavy (non-hydrogen) atoms. The number of furan rings is 1. The van der Waals surface area contributed by atoms with Crippen molar-refractivity contribution in [3.05, 3.63) is 57.6 Å². The Balaban J connectivity index is 2.15. The average Bonchev–Trinajstić information content (AvgIpc) is 2.94. The van der Waals surface area contributed by atoms with Gasteiger partial charge >= 0.3 is 0 Å². The lowest BCUT2D eigenvalue weighted by molar-refractivity contribution is 0.0116. The van der Waals surface area contributed by atoms with Gasteiger partial charge in [0.1, 0.15) is 17.6 Å². The molecule has 7 heteroatoms. The Labute approximate surface area is 119 Å². The fraction of sp³-hybridized carbons (Fsp3) is 0.231. The second kappa shape index (κ2) is 6.45. The minimum absolute atomic E-state index is 0.204. The number of benzene rings is 1. The Morgan fingerprint density at radius 3 is 2.55 bits per heavy atom. The van der Waals surface area contributed by atoms with Crippen LogP contribution in [-0.4, -0.2) is 22.9 Å². The maximum Gasteiger partial charge on any atom is 0.138 e. The molecule has 2 aromatic rings. The van der Waals surface area contributed by atoms with E-state index in [0.717, 1.165) is 5.56 Å². The van der Waals surface area contributed by atoms with Crippen LogP contribution in [0, 0.1) is 0 Å². The normalized spacial score (nSPS) is 13.6. The molecule has 2 unspecified atom stereocenters. The van der Waals surface area contributed by atoms with E-state index < -0.39 is 12.2 Å². The SMILES string of the molecule is [N-]=[N+]=NCC(O)C(O)c1ccc(-c2ccc(Cl)cc2)o1. The van der Waals surface area contributed by atoms with Gasteiger partial charge in [-0.3, -0.25) is 0 Å². The smallest absolute Gasteiger partial charge is 0.138 e. The highest BCUT2D eigenvalue weighted by atomic mass is 35.5. The molecule has 0 fully saturated rings. The molecule has 0 aliphatic carbocycles. The molecule has 6 nitrogen and oxygen atoms in total. The standard InChI is InChI=1S/C13H12ClN3O3/c14-9-3-1-8(2-4-9)11-5-6-12(20-11)13(19)10(18)7-16-17-15/h1-6,10,13,18-19H,7H2. The summed E-state index contributed by atoms with van der Waals surface area (Å²) < 4.78 is 5.48. The van der Waals surface area contributed by atoms with Crippen LogP contribution in [-0.2, 0) is 0 Å². The van der Waals surface area contributed by atoms with E-state index in [1.165, 1.54) is 0 Å². The highest BCUT2D eigenvalue weighted by molar-refractivity contribution is 6.30. The van der Waals surface area contributed by atoms with Crippen molar-refractivity contribution in [1.29, 1.82) is 0 Å². The van der Waals surface area contributed by atoms with Gasteiger partial charge in [0, 0.05) is 15.5 Å². The van der Waals surface area contributed by atoms with Gasteiger partial charge in [-0.05, 0) is 41.9 Å². The topological polar surface area (TPSA) is 102 Å². The Kier molecular flexibility index (Phi) is 4.65. The fourth-order valence-corrected chi connectivity index (χ4v) is 1.82. The van der Waals surface area contributed by atoms with Crippen LogP contribution in [0.3, 0.4) is 0 Å². The third-order valence-electron chi connectivity index (χ3n) is 2.74. The van der Waals surface area contributed by atoms with E-state index in [4.69, 9.17) is 21.5 Å². The lowest BCUT2D eigenvalue weighted by Gasteiger charge is -2.13. The van der Waals surface area contributed by atoms with Crippen LogP contribution in [0.15, 0.2) is 45.9 Å². The predicted molar refractivity (Wildman–Crippen MR) is 74.1 cm³/mol. The van der Waals surface area contributed by atoms with Gasteiger partial charge in [0.2, 0.25) is 0 Å². The van der Waals surface area contributed by atoms with Crippen LogP contribution >= 0.6 is 11.6 Å². The summed E-state index contributed by atoms with van der Waals surface area (Å²) in [4.78, 5) is 2.52. The Bertz CT molecular complexity index is 620. The molecule has 1 heterocycles. The zero-order valence-electron chi connectivity index (χ0n) is 10.3. The van der Waals surface area contributed by atoms with Crippen molar-refractivity contribution in [3.8, 4) is 11.3 Å². The molecule has 2 rings (SSSR count). The first kappa shape index (κ1) is 14.4. The summed E-state index contributed by atoms with van der Waals surface area (Å²) >= 11 is 5.80. The maximum absolute atomic E-state index is 9.87. The first-order chi connectivity index (χ1) is 9.61. The van der Waals surface area contributed by atoms with E-state index in [0.29, 0.717) is 10.8 Å². The van der Waals surface area contributed by atoms with Crippen molar-refractivity contribution < 1.29 is 14.6 Å². The molecule has 0 amide bonds. The Morgan fingerprint density at radius 1 is 1.20 bits per heavy atom. The van der Waals surface area contributed by atoms with Gasteiger partial charge in [0.25, 0.3) is 0 Å². The molecule has 0 spiro atoms. The zero-order chi connectivity index (χ0) is 14.5. The first-order valence-electron chi connectivity index (χ1n) is 5.84. The van der Waals surface area contributed by atoms with Crippen LogP contribution in [0.4, 0.5) is 0 Å². The number of hydrogen-bond acceptors (Lipinski definition) is 4. The van der Waals surface area contributed by atoms with Gasteiger partial charge in [0.05, 0.1) is 12.6 Å². The second-order valence-corrected chi connectivity index (χ2v) is 4.57. The maximum atomic E-state index is 9.87. The summed E-state index contributed by atoms with van der Waals surface area (Å²) in [5, 5.41) is 23.3. The lowest BCUT2D eigenvalue weighted by atomic mass is 10.1. The number of azide groups is 1. The summed E-state index contributed by atoms with van der Waals surface area (Å²) in [5.41, 5.74) is 8.98. The second-order valence-electron chi connectivity index (χ2n) is 4.13. The largest absolute Gasteiger partial charge is 0.458 e. The van der Waals surface area contributed by atoms with Gasteiger partial charge in [-0.15, -0.1) is 0 Å². The molecule has 0 saturated carbocycles. The van der Waals surface area contributed by atoms with E-state index in [2.05, 4.69) is 10.0 Å². The van der Waals surface area contributed by atoms with E-state index in [-0.39, 0.29) is 12.3 Å². The molecule has 0 saturated heterocycles. The van der Waals surface area contributed by atoms with Crippen molar-refractivity contribution in [2.45, 2.75) is 12.2 Å². The predicted octanol–water partition coefficient (Wildman–Crippen LogP) is 3.30. The van der Waals surface area contributed by atoms with Crippen molar-refractivity contribution >= 4 is 11.6 Å². The minimum atomic E-state index is -1.25. The number of hydrogen-bond donors (Lipinski definition) is 2. The highest BCUT2D eigenvalue weighted by Gasteiger charge is 2.21. The first-order valence-corrected chi connectivity index (χ1v) is 6.22. The highest BCUT2D eigenvalue weighted by Crippen LogP contribution is 2.27. The van der Waals surface area contributed by atoms with E-state index >= 15 is 0 Å². The molecule has 104 valence electrons. The van der Waals surface area contributed by atoms with Crippen LogP contribution in [0.25, 0.3) is 21.8 Å². The van der Waals surface area contributed by atoms with Gasteiger partial charge in [-0.1, -0.05) is 16.7 Å². The third-order valence-corrected chi connectivity index (χ3v) is 3.00. The molecule has 0 aliphatic rings. The summed E-state index contributed by atoms with van der Waals surface area (Å²) in [5.74, 6) is 0.752. The number of halogens is 1. The lowest BCUT2D eigenvalue weighted by Crippen LogP contribution is -2.20. The van der Waals surface area contributed by atoms with E-state index in [1.807, 2.05) is 0 Å². The molecular formula is C13H12ClN3O3. The van der Waals surface area contributed by atoms with Gasteiger partial charge in [-0.2, -0.15) is 0 Å². The zero-order valence-corrected chi connectivity index (χ0v) is 11.1. The van der Waals surface area contributed by atoms with Crippen molar-refractivity contribution in [3.63, 3.8) is 0 Å². The van der Waals surface area contributed by atoms with Crippen molar-refractivity contribution in [1.82, 2.24) is 0 Å². The number of rotatable bonds is 5. The quantitative estimate of drug-likeness (QED) is 0.502. The van der Waals surface area contributed by atoms with E-state index in [1.54, 1.807) is 36.4 Å². The monoisotopic (exact) mass is 293 g/mol. The number of aliphatic hydroxyl groups is 2. The van der Waals surface area contributed by atoms with E-state index in [9.17, 15) is 10.2 Å².